The minimum atomic E-state index is 0.429. The Bertz CT molecular complexity index is 238. The predicted molar refractivity (Wildman–Crippen MR) is 48.9 cm³/mol. The maximum absolute atomic E-state index is 4.36. The topological polar surface area (TPSA) is 30.7 Å². The normalized spacial score (nSPS) is 11.5. The van der Waals surface area contributed by atoms with Crippen LogP contribution in [0.1, 0.15) is 39.4 Å². The van der Waals surface area contributed by atoms with Gasteiger partial charge in [0, 0.05) is 12.5 Å². The molecule has 0 saturated heterocycles. The maximum Gasteiger partial charge on any atom is 0.153 e. The Morgan fingerprint density at radius 3 is 2.42 bits per heavy atom. The molecular formula is C9H17N3. The van der Waals surface area contributed by atoms with Crippen LogP contribution in [0.3, 0.4) is 0 Å². The summed E-state index contributed by atoms with van der Waals surface area (Å²) in [5, 5.41) is 4.36. The van der Waals surface area contributed by atoms with E-state index < -0.39 is 0 Å². The summed E-state index contributed by atoms with van der Waals surface area (Å²) in [6.07, 6.45) is 1.81. The molecule has 0 bridgehead atoms. The molecule has 0 N–H and O–H groups in total. The van der Waals surface area contributed by atoms with E-state index in [0.717, 1.165) is 12.4 Å². The van der Waals surface area contributed by atoms with Gasteiger partial charge in [0.15, 0.2) is 5.82 Å². The van der Waals surface area contributed by atoms with Gasteiger partial charge in [0.05, 0.1) is 0 Å². The molecule has 0 atom stereocenters. The number of aromatic nitrogens is 3. The lowest BCUT2D eigenvalue weighted by molar-refractivity contribution is 0.477. The average molecular weight is 167 g/mol. The second-order valence-electron chi connectivity index (χ2n) is 3.87. The minimum absolute atomic E-state index is 0.429. The van der Waals surface area contributed by atoms with Crippen molar-refractivity contribution in [3.8, 4) is 0 Å². The van der Waals surface area contributed by atoms with Crippen molar-refractivity contribution in [1.82, 2.24) is 14.8 Å². The maximum atomic E-state index is 4.36. The summed E-state index contributed by atoms with van der Waals surface area (Å²) >= 11 is 0. The van der Waals surface area contributed by atoms with Crippen molar-refractivity contribution in [2.45, 2.75) is 40.2 Å². The number of hydrogen-bond donors (Lipinski definition) is 0. The second-order valence-corrected chi connectivity index (χ2v) is 3.87. The van der Waals surface area contributed by atoms with E-state index in [0.29, 0.717) is 11.8 Å². The molecule has 0 spiro atoms. The van der Waals surface area contributed by atoms with Crippen LogP contribution in [0, 0.1) is 5.92 Å². The van der Waals surface area contributed by atoms with Gasteiger partial charge in [-0.3, -0.25) is 4.68 Å². The zero-order valence-electron chi connectivity index (χ0n) is 8.28. The molecule has 0 saturated carbocycles. The third-order valence-corrected chi connectivity index (χ3v) is 1.62. The van der Waals surface area contributed by atoms with E-state index in [1.807, 2.05) is 11.0 Å². The van der Waals surface area contributed by atoms with Crippen molar-refractivity contribution in [1.29, 1.82) is 0 Å². The first kappa shape index (κ1) is 9.23. The Hall–Kier alpha value is -0.860. The van der Waals surface area contributed by atoms with E-state index >= 15 is 0 Å². The predicted octanol–water partition coefficient (Wildman–Crippen LogP) is 2.06. The molecular weight excluding hydrogens is 150 g/mol. The molecule has 1 rings (SSSR count). The van der Waals surface area contributed by atoms with Crippen LogP contribution in [-0.2, 0) is 6.54 Å². The number of nitrogens with zero attached hydrogens (tertiary/aromatic N) is 3. The van der Waals surface area contributed by atoms with Crippen molar-refractivity contribution < 1.29 is 0 Å². The van der Waals surface area contributed by atoms with Gasteiger partial charge in [-0.25, -0.2) is 4.98 Å². The Kier molecular flexibility index (Phi) is 2.84. The Balaban J connectivity index is 2.64. The van der Waals surface area contributed by atoms with Gasteiger partial charge in [0.25, 0.3) is 0 Å². The molecule has 0 aliphatic rings. The van der Waals surface area contributed by atoms with E-state index in [4.69, 9.17) is 0 Å². The fourth-order valence-electron chi connectivity index (χ4n) is 1.04. The van der Waals surface area contributed by atoms with Crippen LogP contribution in [0.2, 0.25) is 0 Å². The average Bonchev–Trinajstić information content (AvgIpc) is 2.34. The molecule has 1 aromatic rings. The lowest BCUT2D eigenvalue weighted by Crippen LogP contribution is -2.05. The SMILES string of the molecule is CC(C)Cn1cnc(C(C)C)n1. The van der Waals surface area contributed by atoms with Crippen molar-refractivity contribution in [3.05, 3.63) is 12.2 Å². The largest absolute Gasteiger partial charge is 0.252 e. The van der Waals surface area contributed by atoms with Gasteiger partial charge in [-0.05, 0) is 5.92 Å². The van der Waals surface area contributed by atoms with E-state index in [9.17, 15) is 0 Å². The molecule has 1 heterocycles. The minimum Gasteiger partial charge on any atom is -0.252 e. The summed E-state index contributed by atoms with van der Waals surface area (Å²) in [6.45, 7) is 9.53. The van der Waals surface area contributed by atoms with E-state index in [1.165, 1.54) is 0 Å². The van der Waals surface area contributed by atoms with Gasteiger partial charge in [-0.1, -0.05) is 27.7 Å². The monoisotopic (exact) mass is 167 g/mol. The number of rotatable bonds is 3. The summed E-state index contributed by atoms with van der Waals surface area (Å²) in [7, 11) is 0. The van der Waals surface area contributed by atoms with Crippen LogP contribution in [0.5, 0.6) is 0 Å². The first-order valence-electron chi connectivity index (χ1n) is 4.49. The van der Waals surface area contributed by atoms with Crippen LogP contribution < -0.4 is 0 Å². The van der Waals surface area contributed by atoms with Crippen molar-refractivity contribution in [3.63, 3.8) is 0 Å². The molecule has 3 nitrogen and oxygen atoms in total. The molecule has 0 radical (unpaired) electrons. The third kappa shape index (κ3) is 2.32. The van der Waals surface area contributed by atoms with E-state index in [2.05, 4.69) is 37.8 Å². The van der Waals surface area contributed by atoms with Gasteiger partial charge >= 0.3 is 0 Å². The molecule has 1 aromatic heterocycles. The molecule has 0 fully saturated rings. The molecule has 0 unspecified atom stereocenters. The summed E-state index contributed by atoms with van der Waals surface area (Å²) in [5.41, 5.74) is 0. The van der Waals surface area contributed by atoms with Crippen LogP contribution in [0.4, 0.5) is 0 Å². The smallest absolute Gasteiger partial charge is 0.153 e. The molecule has 12 heavy (non-hydrogen) atoms. The highest BCUT2D eigenvalue weighted by Gasteiger charge is 2.05. The van der Waals surface area contributed by atoms with Gasteiger partial charge in [-0.2, -0.15) is 5.10 Å². The summed E-state index contributed by atoms with van der Waals surface area (Å²) < 4.78 is 1.92. The van der Waals surface area contributed by atoms with Crippen LogP contribution in [0.25, 0.3) is 0 Å². The summed E-state index contributed by atoms with van der Waals surface area (Å²) in [6, 6.07) is 0. The van der Waals surface area contributed by atoms with Crippen LogP contribution in [-0.4, -0.2) is 14.8 Å². The zero-order chi connectivity index (χ0) is 9.14. The quantitative estimate of drug-likeness (QED) is 0.690. The molecule has 0 aliphatic carbocycles. The lowest BCUT2D eigenvalue weighted by atomic mass is 10.2. The molecule has 0 aromatic carbocycles. The highest BCUT2D eigenvalue weighted by Crippen LogP contribution is 2.07. The molecule has 68 valence electrons. The third-order valence-electron chi connectivity index (χ3n) is 1.62. The van der Waals surface area contributed by atoms with Crippen LogP contribution >= 0.6 is 0 Å². The fraction of sp³-hybridized carbons (Fsp3) is 0.778. The van der Waals surface area contributed by atoms with Crippen molar-refractivity contribution >= 4 is 0 Å². The molecule has 0 amide bonds. The van der Waals surface area contributed by atoms with Gasteiger partial charge in [-0.15, -0.1) is 0 Å². The van der Waals surface area contributed by atoms with E-state index in [1.54, 1.807) is 0 Å². The van der Waals surface area contributed by atoms with Crippen LogP contribution in [0.15, 0.2) is 6.33 Å². The van der Waals surface area contributed by atoms with Gasteiger partial charge < -0.3 is 0 Å². The highest BCUT2D eigenvalue weighted by molar-refractivity contribution is 4.88. The first-order chi connectivity index (χ1) is 5.59. The summed E-state index contributed by atoms with van der Waals surface area (Å²) in [4.78, 5) is 4.22. The molecule has 0 aliphatic heterocycles. The Labute approximate surface area is 73.8 Å². The lowest BCUT2D eigenvalue weighted by Gasteiger charge is -2.02. The van der Waals surface area contributed by atoms with Gasteiger partial charge in [0.2, 0.25) is 0 Å². The fourth-order valence-corrected chi connectivity index (χ4v) is 1.04. The second kappa shape index (κ2) is 3.70. The Morgan fingerprint density at radius 2 is 2.00 bits per heavy atom. The highest BCUT2D eigenvalue weighted by atomic mass is 15.3. The number of hydrogen-bond acceptors (Lipinski definition) is 2. The summed E-state index contributed by atoms with van der Waals surface area (Å²) in [5.74, 6) is 2.00. The zero-order valence-corrected chi connectivity index (χ0v) is 8.28. The first-order valence-corrected chi connectivity index (χ1v) is 4.49. The van der Waals surface area contributed by atoms with Crippen molar-refractivity contribution in [2.24, 2.45) is 5.92 Å². The van der Waals surface area contributed by atoms with Gasteiger partial charge in [0.1, 0.15) is 6.33 Å². The van der Waals surface area contributed by atoms with E-state index in [-0.39, 0.29) is 0 Å². The Morgan fingerprint density at radius 1 is 1.33 bits per heavy atom. The van der Waals surface area contributed by atoms with Crippen molar-refractivity contribution in [2.75, 3.05) is 0 Å². The standard InChI is InChI=1S/C9H17N3/c1-7(2)5-12-6-10-9(11-12)8(3)4/h6-8H,5H2,1-4H3. The molecule has 3 heteroatoms.